The number of benzene rings is 1. The number of nitrogens with zero attached hydrogens (tertiary/aromatic N) is 1. The molecule has 0 bridgehead atoms. The SMILES string of the molecule is Cc1ccc(C#N)cc1.O=C(O)/C=C/C(=O)O. The standard InChI is InChI=1S/C8H7N.C4H4O4/c1-7-2-4-8(6-9)5-3-7;5-3(6)1-2-4(7)8/h2-5H,1H3;1-2H,(H,5,6)(H,7,8)/b;2-1+. The van der Waals surface area contributed by atoms with Crippen LogP contribution in [-0.2, 0) is 9.59 Å². The Morgan fingerprint density at radius 1 is 1.12 bits per heavy atom. The molecule has 0 aromatic heterocycles. The lowest BCUT2D eigenvalue weighted by Crippen LogP contribution is -1.91. The van der Waals surface area contributed by atoms with Gasteiger partial charge in [0, 0.05) is 12.2 Å². The minimum Gasteiger partial charge on any atom is -0.478 e. The molecule has 0 amide bonds. The van der Waals surface area contributed by atoms with E-state index in [4.69, 9.17) is 15.5 Å². The zero-order chi connectivity index (χ0) is 13.3. The Morgan fingerprint density at radius 2 is 1.53 bits per heavy atom. The number of carboxylic acid groups (broad SMARTS) is 2. The average Bonchev–Trinajstić information content (AvgIpc) is 2.28. The van der Waals surface area contributed by atoms with E-state index in [1.54, 1.807) is 0 Å². The van der Waals surface area contributed by atoms with Crippen molar-refractivity contribution in [2.45, 2.75) is 6.92 Å². The van der Waals surface area contributed by atoms with E-state index in [2.05, 4.69) is 6.07 Å². The maximum Gasteiger partial charge on any atom is 0.328 e. The van der Waals surface area contributed by atoms with Gasteiger partial charge in [0.1, 0.15) is 0 Å². The Labute approximate surface area is 98.2 Å². The number of hydrogen-bond acceptors (Lipinski definition) is 3. The Morgan fingerprint density at radius 3 is 1.82 bits per heavy atom. The second-order valence-corrected chi connectivity index (χ2v) is 2.99. The van der Waals surface area contributed by atoms with Crippen molar-refractivity contribution in [3.05, 3.63) is 47.5 Å². The molecule has 0 saturated carbocycles. The van der Waals surface area contributed by atoms with E-state index < -0.39 is 11.9 Å². The Bertz CT molecular complexity index is 438. The van der Waals surface area contributed by atoms with Crippen LogP contribution in [0.2, 0.25) is 0 Å². The van der Waals surface area contributed by atoms with Gasteiger partial charge >= 0.3 is 11.9 Å². The minimum atomic E-state index is -1.26. The van der Waals surface area contributed by atoms with Gasteiger partial charge in [-0.2, -0.15) is 5.26 Å². The van der Waals surface area contributed by atoms with E-state index >= 15 is 0 Å². The first-order valence-electron chi connectivity index (χ1n) is 4.56. The van der Waals surface area contributed by atoms with Crippen LogP contribution < -0.4 is 0 Å². The molecule has 0 heterocycles. The predicted octanol–water partition coefficient (Wildman–Crippen LogP) is 1.58. The van der Waals surface area contributed by atoms with E-state index in [-0.39, 0.29) is 0 Å². The molecule has 5 heteroatoms. The van der Waals surface area contributed by atoms with Crippen LogP contribution in [-0.4, -0.2) is 22.2 Å². The fraction of sp³-hybridized carbons (Fsp3) is 0.0833. The zero-order valence-electron chi connectivity index (χ0n) is 9.12. The number of aryl methyl sites for hydroxylation is 1. The Kier molecular flexibility index (Phi) is 6.48. The number of carboxylic acids is 2. The van der Waals surface area contributed by atoms with Crippen molar-refractivity contribution in [3.63, 3.8) is 0 Å². The molecule has 0 unspecified atom stereocenters. The summed E-state index contributed by atoms with van der Waals surface area (Å²) in [7, 11) is 0. The van der Waals surface area contributed by atoms with Crippen LogP contribution in [0.1, 0.15) is 11.1 Å². The third kappa shape index (κ3) is 8.39. The van der Waals surface area contributed by atoms with Crippen molar-refractivity contribution in [1.82, 2.24) is 0 Å². The summed E-state index contributed by atoms with van der Waals surface area (Å²) in [5.74, 6) is -2.51. The van der Waals surface area contributed by atoms with Crippen molar-refractivity contribution in [3.8, 4) is 6.07 Å². The molecule has 0 saturated heterocycles. The van der Waals surface area contributed by atoms with Crippen LogP contribution in [0.25, 0.3) is 0 Å². The maximum atomic E-state index is 9.55. The van der Waals surface area contributed by atoms with Gasteiger partial charge in [-0.1, -0.05) is 17.7 Å². The quantitative estimate of drug-likeness (QED) is 0.755. The van der Waals surface area contributed by atoms with Crippen LogP contribution in [0.3, 0.4) is 0 Å². The first-order valence-corrected chi connectivity index (χ1v) is 4.56. The normalized spacial score (nSPS) is 8.94. The summed E-state index contributed by atoms with van der Waals surface area (Å²) in [4.78, 5) is 19.1. The molecular formula is C12H11NO4. The summed E-state index contributed by atoms with van der Waals surface area (Å²) in [5, 5.41) is 24.0. The average molecular weight is 233 g/mol. The van der Waals surface area contributed by atoms with Gasteiger partial charge in [-0.15, -0.1) is 0 Å². The van der Waals surface area contributed by atoms with E-state index in [0.29, 0.717) is 12.2 Å². The topological polar surface area (TPSA) is 98.4 Å². The smallest absolute Gasteiger partial charge is 0.328 e. The van der Waals surface area contributed by atoms with Crippen LogP contribution >= 0.6 is 0 Å². The van der Waals surface area contributed by atoms with Crippen LogP contribution in [0.5, 0.6) is 0 Å². The Balaban J connectivity index is 0.000000304. The maximum absolute atomic E-state index is 9.55. The fourth-order valence-electron chi connectivity index (χ4n) is 0.771. The zero-order valence-corrected chi connectivity index (χ0v) is 9.12. The van der Waals surface area contributed by atoms with E-state index in [1.165, 1.54) is 5.56 Å². The lowest BCUT2D eigenvalue weighted by atomic mass is 10.2. The van der Waals surface area contributed by atoms with Crippen LogP contribution in [0.4, 0.5) is 0 Å². The van der Waals surface area contributed by atoms with E-state index in [1.807, 2.05) is 31.2 Å². The minimum absolute atomic E-state index is 0.558. The van der Waals surface area contributed by atoms with Crippen molar-refractivity contribution in [2.75, 3.05) is 0 Å². The lowest BCUT2D eigenvalue weighted by molar-refractivity contribution is -0.134. The number of hydrogen-bond donors (Lipinski definition) is 2. The molecule has 0 fully saturated rings. The molecular weight excluding hydrogens is 222 g/mol. The van der Waals surface area contributed by atoms with Crippen molar-refractivity contribution in [2.24, 2.45) is 0 Å². The molecule has 1 rings (SSSR count). The molecule has 5 nitrogen and oxygen atoms in total. The molecule has 1 aromatic carbocycles. The fourth-order valence-corrected chi connectivity index (χ4v) is 0.771. The molecule has 0 spiro atoms. The van der Waals surface area contributed by atoms with Gasteiger partial charge in [0.25, 0.3) is 0 Å². The summed E-state index contributed by atoms with van der Waals surface area (Å²) >= 11 is 0. The molecule has 0 atom stereocenters. The Hall–Kier alpha value is -2.61. The summed E-state index contributed by atoms with van der Waals surface area (Å²) in [5.41, 5.74) is 1.91. The summed E-state index contributed by atoms with van der Waals surface area (Å²) in [6.45, 7) is 2.00. The van der Waals surface area contributed by atoms with Crippen molar-refractivity contribution in [1.29, 1.82) is 5.26 Å². The lowest BCUT2D eigenvalue weighted by Gasteiger charge is -1.88. The highest BCUT2D eigenvalue weighted by molar-refractivity contribution is 5.89. The molecule has 1 aromatic rings. The number of carbonyl (C=O) groups is 2. The van der Waals surface area contributed by atoms with Gasteiger partial charge in [-0.3, -0.25) is 0 Å². The van der Waals surface area contributed by atoms with Gasteiger partial charge in [0.2, 0.25) is 0 Å². The number of nitriles is 1. The van der Waals surface area contributed by atoms with Crippen LogP contribution in [0.15, 0.2) is 36.4 Å². The van der Waals surface area contributed by atoms with Crippen molar-refractivity contribution < 1.29 is 19.8 Å². The van der Waals surface area contributed by atoms with Gasteiger partial charge in [-0.25, -0.2) is 9.59 Å². The highest BCUT2D eigenvalue weighted by Crippen LogP contribution is 1.99. The molecule has 2 N–H and O–H groups in total. The summed E-state index contributed by atoms with van der Waals surface area (Å²) < 4.78 is 0. The first kappa shape index (κ1) is 14.4. The van der Waals surface area contributed by atoms with E-state index in [9.17, 15) is 9.59 Å². The molecule has 0 aliphatic heterocycles. The van der Waals surface area contributed by atoms with Crippen LogP contribution in [0, 0.1) is 18.3 Å². The highest BCUT2D eigenvalue weighted by Gasteiger charge is 1.88. The highest BCUT2D eigenvalue weighted by atomic mass is 16.4. The summed E-state index contributed by atoms with van der Waals surface area (Å²) in [6.07, 6.45) is 1.12. The van der Waals surface area contributed by atoms with Gasteiger partial charge in [0.15, 0.2) is 0 Å². The van der Waals surface area contributed by atoms with Gasteiger partial charge in [-0.05, 0) is 19.1 Å². The third-order valence-corrected chi connectivity index (χ3v) is 1.55. The first-order chi connectivity index (χ1) is 7.95. The van der Waals surface area contributed by atoms with Crippen molar-refractivity contribution >= 4 is 11.9 Å². The molecule has 0 aliphatic rings. The molecule has 88 valence electrons. The molecule has 0 aliphatic carbocycles. The predicted molar refractivity (Wildman–Crippen MR) is 60.3 cm³/mol. The molecule has 0 radical (unpaired) electrons. The van der Waals surface area contributed by atoms with Gasteiger partial charge < -0.3 is 10.2 Å². The van der Waals surface area contributed by atoms with E-state index in [0.717, 1.165) is 5.56 Å². The third-order valence-electron chi connectivity index (χ3n) is 1.55. The second kappa shape index (κ2) is 7.65. The molecule has 17 heavy (non-hydrogen) atoms. The second-order valence-electron chi connectivity index (χ2n) is 2.99. The monoisotopic (exact) mass is 233 g/mol. The largest absolute Gasteiger partial charge is 0.478 e. The number of rotatable bonds is 2. The number of aliphatic carboxylic acids is 2. The van der Waals surface area contributed by atoms with Gasteiger partial charge in [0.05, 0.1) is 11.6 Å². The summed E-state index contributed by atoms with van der Waals surface area (Å²) in [6, 6.07) is 9.54.